The fourth-order valence-corrected chi connectivity index (χ4v) is 4.57. The summed E-state index contributed by atoms with van der Waals surface area (Å²) in [6.07, 6.45) is 0. The molecule has 4 aromatic rings. The van der Waals surface area contributed by atoms with E-state index in [-0.39, 0.29) is 11.1 Å². The highest BCUT2D eigenvalue weighted by Crippen LogP contribution is 2.27. The summed E-state index contributed by atoms with van der Waals surface area (Å²) in [5.41, 5.74) is 3.73. The Balaban J connectivity index is 1.59. The van der Waals surface area contributed by atoms with Gasteiger partial charge in [-0.05, 0) is 28.8 Å². The minimum atomic E-state index is -0.176. The number of hydrogen-bond donors (Lipinski definition) is 1. The van der Waals surface area contributed by atoms with E-state index in [0.717, 1.165) is 44.0 Å². The van der Waals surface area contributed by atoms with Gasteiger partial charge in [0.1, 0.15) is 0 Å². The summed E-state index contributed by atoms with van der Waals surface area (Å²) < 4.78 is 8.52. The number of H-pyrrole nitrogens is 1. The molecule has 0 spiro atoms. The van der Waals surface area contributed by atoms with Gasteiger partial charge in [0.2, 0.25) is 0 Å². The van der Waals surface area contributed by atoms with Crippen LogP contribution in [0.2, 0.25) is 5.02 Å². The van der Waals surface area contributed by atoms with Crippen molar-refractivity contribution in [3.8, 4) is 11.3 Å². The minimum Gasteiger partial charge on any atom is -0.379 e. The molecule has 0 saturated carbocycles. The molecule has 2 aromatic heterocycles. The van der Waals surface area contributed by atoms with Crippen LogP contribution < -0.4 is 11.1 Å². The summed E-state index contributed by atoms with van der Waals surface area (Å²) in [6, 6.07) is 17.0. The maximum absolute atomic E-state index is 13.2. The Kier molecular flexibility index (Phi) is 5.93. The molecule has 0 bridgehead atoms. The van der Waals surface area contributed by atoms with Crippen LogP contribution in [0.25, 0.3) is 22.2 Å². The van der Waals surface area contributed by atoms with Crippen molar-refractivity contribution in [3.05, 3.63) is 91.5 Å². The topological polar surface area (TPSA) is 72.3 Å². The Labute approximate surface area is 195 Å². The monoisotopic (exact) mass is 464 g/mol. The lowest BCUT2D eigenvalue weighted by Crippen LogP contribution is -2.35. The lowest BCUT2D eigenvalue weighted by molar-refractivity contribution is 0.0342. The standard InChI is InChI=1S/C25H25ClN4O3/c1-28-25(32)23-21(27-28)14-22(31)30(24(23)19-5-7-20(26)8-6-19)16-18-4-2-3-17(13-18)15-29-9-11-33-12-10-29/h2-8,13-14,27H,9-12,15-16H2,1H3. The van der Waals surface area contributed by atoms with Gasteiger partial charge in [0.05, 0.1) is 36.4 Å². The molecule has 3 heterocycles. The molecular weight excluding hydrogens is 440 g/mol. The molecule has 2 aromatic carbocycles. The van der Waals surface area contributed by atoms with Crippen LogP contribution in [0.5, 0.6) is 0 Å². The number of ether oxygens (including phenoxy) is 1. The molecule has 0 amide bonds. The van der Waals surface area contributed by atoms with Crippen LogP contribution in [0.1, 0.15) is 11.1 Å². The Bertz CT molecular complexity index is 1410. The molecule has 0 aliphatic carbocycles. The molecule has 170 valence electrons. The summed E-state index contributed by atoms with van der Waals surface area (Å²) in [5, 5.41) is 4.07. The first kappa shape index (κ1) is 21.7. The van der Waals surface area contributed by atoms with E-state index in [9.17, 15) is 9.59 Å². The predicted molar refractivity (Wildman–Crippen MR) is 130 cm³/mol. The fraction of sp³-hybridized carbons (Fsp3) is 0.280. The van der Waals surface area contributed by atoms with Crippen molar-refractivity contribution in [2.24, 2.45) is 7.05 Å². The summed E-state index contributed by atoms with van der Waals surface area (Å²) in [7, 11) is 1.65. The van der Waals surface area contributed by atoms with Gasteiger partial charge in [-0.3, -0.25) is 24.3 Å². The zero-order chi connectivity index (χ0) is 22.9. The number of hydrogen-bond acceptors (Lipinski definition) is 4. The number of aromatic amines is 1. The number of rotatable bonds is 5. The molecule has 33 heavy (non-hydrogen) atoms. The van der Waals surface area contributed by atoms with Crippen molar-refractivity contribution in [1.82, 2.24) is 19.2 Å². The number of morpholine rings is 1. The molecule has 1 N–H and O–H groups in total. The maximum Gasteiger partial charge on any atom is 0.276 e. The molecule has 1 saturated heterocycles. The van der Waals surface area contributed by atoms with E-state index in [1.165, 1.54) is 16.3 Å². The van der Waals surface area contributed by atoms with Crippen LogP contribution in [0.3, 0.4) is 0 Å². The maximum atomic E-state index is 13.2. The van der Waals surface area contributed by atoms with E-state index >= 15 is 0 Å². The first-order chi connectivity index (χ1) is 16.0. The highest BCUT2D eigenvalue weighted by molar-refractivity contribution is 6.30. The van der Waals surface area contributed by atoms with Crippen molar-refractivity contribution in [2.75, 3.05) is 26.3 Å². The number of nitrogens with zero attached hydrogens (tertiary/aromatic N) is 3. The van der Waals surface area contributed by atoms with E-state index in [4.69, 9.17) is 16.3 Å². The van der Waals surface area contributed by atoms with E-state index < -0.39 is 0 Å². The zero-order valence-electron chi connectivity index (χ0n) is 18.4. The first-order valence-corrected chi connectivity index (χ1v) is 11.3. The second kappa shape index (κ2) is 9.02. The molecule has 8 heteroatoms. The van der Waals surface area contributed by atoms with Gasteiger partial charge in [0, 0.05) is 37.8 Å². The van der Waals surface area contributed by atoms with Gasteiger partial charge in [-0.2, -0.15) is 0 Å². The van der Waals surface area contributed by atoms with Crippen molar-refractivity contribution >= 4 is 22.5 Å². The average Bonchev–Trinajstić information content (AvgIpc) is 3.09. The lowest BCUT2D eigenvalue weighted by Gasteiger charge is -2.26. The lowest BCUT2D eigenvalue weighted by atomic mass is 10.1. The molecule has 0 atom stereocenters. The quantitative estimate of drug-likeness (QED) is 0.492. The van der Waals surface area contributed by atoms with Crippen molar-refractivity contribution in [1.29, 1.82) is 0 Å². The Morgan fingerprint density at radius 2 is 1.67 bits per heavy atom. The molecule has 0 radical (unpaired) electrons. The van der Waals surface area contributed by atoms with Crippen molar-refractivity contribution in [3.63, 3.8) is 0 Å². The van der Waals surface area contributed by atoms with Crippen LogP contribution in [0, 0.1) is 0 Å². The Morgan fingerprint density at radius 1 is 0.970 bits per heavy atom. The van der Waals surface area contributed by atoms with E-state index in [0.29, 0.717) is 28.2 Å². The molecule has 1 aliphatic rings. The highest BCUT2D eigenvalue weighted by atomic mass is 35.5. The number of fused-ring (bicyclic) bond motifs is 1. The summed E-state index contributed by atoms with van der Waals surface area (Å²) in [5.74, 6) is 0. The fourth-order valence-electron chi connectivity index (χ4n) is 4.44. The van der Waals surface area contributed by atoms with E-state index in [1.54, 1.807) is 23.7 Å². The van der Waals surface area contributed by atoms with Crippen LogP contribution in [0.15, 0.2) is 64.2 Å². The van der Waals surface area contributed by atoms with Gasteiger partial charge < -0.3 is 9.30 Å². The van der Waals surface area contributed by atoms with Crippen molar-refractivity contribution < 1.29 is 4.74 Å². The largest absolute Gasteiger partial charge is 0.379 e. The molecule has 0 unspecified atom stereocenters. The van der Waals surface area contributed by atoms with Crippen molar-refractivity contribution in [2.45, 2.75) is 13.1 Å². The molecule has 5 rings (SSSR count). The van der Waals surface area contributed by atoms with Gasteiger partial charge in [0.15, 0.2) is 0 Å². The summed E-state index contributed by atoms with van der Waals surface area (Å²) in [6.45, 7) is 4.54. The second-order valence-corrected chi connectivity index (χ2v) is 8.83. The zero-order valence-corrected chi connectivity index (χ0v) is 19.1. The van der Waals surface area contributed by atoms with Gasteiger partial charge in [-0.1, -0.05) is 48.0 Å². The summed E-state index contributed by atoms with van der Waals surface area (Å²) in [4.78, 5) is 28.5. The molecule has 1 aliphatic heterocycles. The number of aromatic nitrogens is 3. The van der Waals surface area contributed by atoms with Gasteiger partial charge in [-0.25, -0.2) is 0 Å². The van der Waals surface area contributed by atoms with Crippen LogP contribution >= 0.6 is 11.6 Å². The second-order valence-electron chi connectivity index (χ2n) is 8.40. The van der Waals surface area contributed by atoms with Gasteiger partial charge in [0.25, 0.3) is 11.1 Å². The average molecular weight is 465 g/mol. The van der Waals surface area contributed by atoms with E-state index in [1.807, 2.05) is 24.3 Å². The minimum absolute atomic E-state index is 0.173. The molecule has 1 fully saturated rings. The molecule has 7 nitrogen and oxygen atoms in total. The van der Waals surface area contributed by atoms with Crippen LogP contribution in [-0.4, -0.2) is 45.6 Å². The van der Waals surface area contributed by atoms with Crippen LogP contribution in [-0.2, 0) is 24.9 Å². The van der Waals surface area contributed by atoms with Gasteiger partial charge >= 0.3 is 0 Å². The third kappa shape index (κ3) is 4.39. The number of aryl methyl sites for hydroxylation is 1. The normalized spacial score (nSPS) is 14.7. The molecular formula is C25H25ClN4O3. The van der Waals surface area contributed by atoms with E-state index in [2.05, 4.69) is 22.1 Å². The number of benzene rings is 2. The highest BCUT2D eigenvalue weighted by Gasteiger charge is 2.18. The Hall–Kier alpha value is -3.13. The predicted octanol–water partition coefficient (Wildman–Crippen LogP) is 3.23. The van der Waals surface area contributed by atoms with Crippen LogP contribution in [0.4, 0.5) is 0 Å². The van der Waals surface area contributed by atoms with Gasteiger partial charge in [-0.15, -0.1) is 0 Å². The number of nitrogens with one attached hydrogen (secondary N) is 1. The number of halogens is 1. The SMILES string of the molecule is Cn1[nH]c2cc(=O)n(Cc3cccc(CN4CCOCC4)c3)c(-c3ccc(Cl)cc3)c2c1=O. The third-order valence-electron chi connectivity index (χ3n) is 6.08. The third-order valence-corrected chi connectivity index (χ3v) is 6.33. The Morgan fingerprint density at radius 3 is 2.39 bits per heavy atom. The first-order valence-electron chi connectivity index (χ1n) is 11.0. The smallest absolute Gasteiger partial charge is 0.276 e. The number of pyridine rings is 1. The summed E-state index contributed by atoms with van der Waals surface area (Å²) >= 11 is 6.10.